The molecule has 2 N–H and O–H groups in total. The van der Waals surface area contributed by atoms with Crippen molar-refractivity contribution in [2.75, 3.05) is 33.2 Å². The molecule has 0 amide bonds. The molecule has 0 aromatic heterocycles. The lowest BCUT2D eigenvalue weighted by Gasteiger charge is -2.18. The molecule has 0 aliphatic heterocycles. The molecule has 0 atom stereocenters. The third kappa shape index (κ3) is 10.5. The highest BCUT2D eigenvalue weighted by molar-refractivity contribution is 14.0. The lowest BCUT2D eigenvalue weighted by atomic mass is 10.4. The molecular formula is C12H24F3IN4. The van der Waals surface area contributed by atoms with Crippen LogP contribution in [-0.2, 0) is 0 Å². The van der Waals surface area contributed by atoms with Crippen LogP contribution in [0.15, 0.2) is 4.99 Å². The molecule has 0 heterocycles. The van der Waals surface area contributed by atoms with Gasteiger partial charge in [-0.2, -0.15) is 13.2 Å². The van der Waals surface area contributed by atoms with Gasteiger partial charge in [-0.1, -0.05) is 0 Å². The zero-order chi connectivity index (χ0) is 14.3. The van der Waals surface area contributed by atoms with Crippen molar-refractivity contribution in [2.24, 2.45) is 4.99 Å². The first-order valence-electron chi connectivity index (χ1n) is 6.71. The lowest BCUT2D eigenvalue weighted by molar-refractivity contribution is -0.143. The third-order valence-corrected chi connectivity index (χ3v) is 2.68. The number of aliphatic imine (C=N–C) groups is 1. The molecule has 4 nitrogen and oxygen atoms in total. The molecule has 0 unspecified atom stereocenters. The van der Waals surface area contributed by atoms with E-state index in [1.807, 2.05) is 6.92 Å². The van der Waals surface area contributed by atoms with E-state index < -0.39 is 12.7 Å². The first-order chi connectivity index (χ1) is 8.90. The van der Waals surface area contributed by atoms with Crippen LogP contribution in [-0.4, -0.2) is 56.3 Å². The summed E-state index contributed by atoms with van der Waals surface area (Å²) in [4.78, 5) is 5.62. The fourth-order valence-electron chi connectivity index (χ4n) is 1.66. The molecule has 8 heteroatoms. The van der Waals surface area contributed by atoms with Crippen LogP contribution in [0.4, 0.5) is 13.2 Å². The summed E-state index contributed by atoms with van der Waals surface area (Å²) < 4.78 is 36.3. The van der Waals surface area contributed by atoms with Crippen LogP contribution >= 0.6 is 24.0 Å². The molecule has 0 saturated heterocycles. The molecule has 120 valence electrons. The number of rotatable bonds is 7. The van der Waals surface area contributed by atoms with Crippen LogP contribution in [0.3, 0.4) is 0 Å². The first-order valence-corrected chi connectivity index (χ1v) is 6.71. The second-order valence-corrected chi connectivity index (χ2v) is 4.89. The van der Waals surface area contributed by atoms with Gasteiger partial charge in [-0.25, -0.2) is 0 Å². The van der Waals surface area contributed by atoms with Gasteiger partial charge in [0.25, 0.3) is 0 Å². The number of nitrogens with one attached hydrogen (secondary N) is 2. The van der Waals surface area contributed by atoms with E-state index in [2.05, 4.69) is 15.6 Å². The minimum absolute atomic E-state index is 0. The van der Waals surface area contributed by atoms with Crippen LogP contribution in [0.25, 0.3) is 0 Å². The van der Waals surface area contributed by atoms with Crippen LogP contribution in [0.5, 0.6) is 0 Å². The van der Waals surface area contributed by atoms with Crippen molar-refractivity contribution in [2.45, 2.75) is 38.4 Å². The van der Waals surface area contributed by atoms with Gasteiger partial charge >= 0.3 is 6.18 Å². The first kappa shape index (κ1) is 19.8. The van der Waals surface area contributed by atoms with E-state index in [4.69, 9.17) is 0 Å². The lowest BCUT2D eigenvalue weighted by Crippen LogP contribution is -2.38. The minimum atomic E-state index is -4.12. The summed E-state index contributed by atoms with van der Waals surface area (Å²) in [5, 5.41) is 6.39. The number of guanidine groups is 1. The summed E-state index contributed by atoms with van der Waals surface area (Å²) in [7, 11) is 1.48. The molecule has 1 saturated carbocycles. The van der Waals surface area contributed by atoms with Crippen LogP contribution in [0, 0.1) is 0 Å². The molecule has 1 rings (SSSR count). The van der Waals surface area contributed by atoms with Crippen LogP contribution < -0.4 is 10.6 Å². The Hall–Kier alpha value is -0.250. The maximum Gasteiger partial charge on any atom is 0.401 e. The number of hydrogen-bond acceptors (Lipinski definition) is 2. The Balaban J connectivity index is 0.00000361. The fourth-order valence-corrected chi connectivity index (χ4v) is 1.66. The Morgan fingerprint density at radius 3 is 2.50 bits per heavy atom. The maximum absolute atomic E-state index is 12.1. The van der Waals surface area contributed by atoms with Crippen molar-refractivity contribution < 1.29 is 13.2 Å². The standard InChI is InChI=1S/C12H23F3N4.HI/c1-3-16-11(18-10-5-6-10)17-7-4-8-19(2)9-12(13,14)15;/h10H,3-9H2,1-2H3,(H2,16,17,18);1H. The van der Waals surface area contributed by atoms with Crippen molar-refractivity contribution in [3.63, 3.8) is 0 Å². The van der Waals surface area contributed by atoms with Crippen molar-refractivity contribution in [1.82, 2.24) is 15.5 Å². The summed E-state index contributed by atoms with van der Waals surface area (Å²) in [5.41, 5.74) is 0. The Bertz CT molecular complexity index is 293. The van der Waals surface area contributed by atoms with E-state index >= 15 is 0 Å². The highest BCUT2D eigenvalue weighted by Gasteiger charge is 2.28. The van der Waals surface area contributed by atoms with Gasteiger partial charge in [0.2, 0.25) is 0 Å². The van der Waals surface area contributed by atoms with E-state index in [-0.39, 0.29) is 24.0 Å². The van der Waals surface area contributed by atoms with Gasteiger partial charge in [0.15, 0.2) is 5.96 Å². The van der Waals surface area contributed by atoms with E-state index in [1.165, 1.54) is 24.8 Å². The average Bonchev–Trinajstić information content (AvgIpc) is 3.06. The molecule has 1 aliphatic carbocycles. The average molecular weight is 408 g/mol. The van der Waals surface area contributed by atoms with Crippen molar-refractivity contribution in [3.05, 3.63) is 0 Å². The number of hydrogen-bond donors (Lipinski definition) is 2. The van der Waals surface area contributed by atoms with Gasteiger partial charge in [-0.05, 0) is 39.8 Å². The summed E-state index contributed by atoms with van der Waals surface area (Å²) in [6.45, 7) is 2.83. The maximum atomic E-state index is 12.1. The van der Waals surface area contributed by atoms with Crippen molar-refractivity contribution >= 4 is 29.9 Å². The number of alkyl halides is 3. The molecule has 20 heavy (non-hydrogen) atoms. The number of nitrogens with zero attached hydrogens (tertiary/aromatic N) is 2. The molecular weight excluding hydrogens is 384 g/mol. The topological polar surface area (TPSA) is 39.7 Å². The van der Waals surface area contributed by atoms with E-state index in [1.54, 1.807) is 0 Å². The Kier molecular flexibility index (Phi) is 9.52. The van der Waals surface area contributed by atoms with Gasteiger partial charge in [-0.3, -0.25) is 9.89 Å². The van der Waals surface area contributed by atoms with Gasteiger partial charge in [0.1, 0.15) is 0 Å². The van der Waals surface area contributed by atoms with Gasteiger partial charge < -0.3 is 10.6 Å². The predicted molar refractivity (Wildman–Crippen MR) is 85.7 cm³/mol. The second-order valence-electron chi connectivity index (χ2n) is 4.89. The van der Waals surface area contributed by atoms with E-state index in [0.717, 1.165) is 12.5 Å². The molecule has 0 aromatic rings. The molecule has 0 spiro atoms. The zero-order valence-corrected chi connectivity index (χ0v) is 14.3. The zero-order valence-electron chi connectivity index (χ0n) is 12.0. The Morgan fingerprint density at radius 1 is 1.35 bits per heavy atom. The van der Waals surface area contributed by atoms with Crippen LogP contribution in [0.1, 0.15) is 26.2 Å². The summed E-state index contributed by atoms with van der Waals surface area (Å²) in [6, 6.07) is 0.519. The highest BCUT2D eigenvalue weighted by Crippen LogP contribution is 2.18. The molecule has 1 fully saturated rings. The summed E-state index contributed by atoms with van der Waals surface area (Å²) in [6.07, 6.45) is -1.17. The Labute approximate surface area is 135 Å². The monoisotopic (exact) mass is 408 g/mol. The van der Waals surface area contributed by atoms with Gasteiger partial charge in [-0.15, -0.1) is 24.0 Å². The highest BCUT2D eigenvalue weighted by atomic mass is 127. The van der Waals surface area contributed by atoms with Gasteiger partial charge in [0.05, 0.1) is 6.54 Å². The molecule has 0 bridgehead atoms. The SMILES string of the molecule is CCNC(=NCCCN(C)CC(F)(F)F)NC1CC1.I. The van der Waals surface area contributed by atoms with Crippen LogP contribution in [0.2, 0.25) is 0 Å². The molecule has 0 radical (unpaired) electrons. The largest absolute Gasteiger partial charge is 0.401 e. The normalized spacial score (nSPS) is 16.0. The third-order valence-electron chi connectivity index (χ3n) is 2.68. The smallest absolute Gasteiger partial charge is 0.357 e. The van der Waals surface area contributed by atoms with Crippen molar-refractivity contribution in [1.29, 1.82) is 0 Å². The van der Waals surface area contributed by atoms with Crippen molar-refractivity contribution in [3.8, 4) is 0 Å². The van der Waals surface area contributed by atoms with E-state index in [9.17, 15) is 13.2 Å². The quantitative estimate of drug-likeness (QED) is 0.294. The fraction of sp³-hybridized carbons (Fsp3) is 0.917. The van der Waals surface area contributed by atoms with E-state index in [0.29, 0.717) is 25.6 Å². The summed E-state index contributed by atoms with van der Waals surface area (Å²) >= 11 is 0. The minimum Gasteiger partial charge on any atom is -0.357 e. The van der Waals surface area contributed by atoms with Gasteiger partial charge in [0, 0.05) is 19.1 Å². The second kappa shape index (κ2) is 9.64. The Morgan fingerprint density at radius 2 is 2.00 bits per heavy atom. The number of halogens is 4. The summed E-state index contributed by atoms with van der Waals surface area (Å²) in [5.74, 6) is 0.767. The molecule has 1 aliphatic rings. The molecule has 0 aromatic carbocycles. The predicted octanol–water partition coefficient (Wildman–Crippen LogP) is 2.21.